The van der Waals surface area contributed by atoms with E-state index in [0.717, 1.165) is 22.4 Å². The Bertz CT molecular complexity index is 963. The Morgan fingerprint density at radius 1 is 1.15 bits per heavy atom. The molecule has 1 heterocycles. The molecule has 2 aromatic carbocycles. The smallest absolute Gasteiger partial charge is 0.271 e. The highest BCUT2D eigenvalue weighted by molar-refractivity contribution is 7.14. The molecule has 27 heavy (non-hydrogen) atoms. The summed E-state index contributed by atoms with van der Waals surface area (Å²) < 4.78 is 0. The normalized spacial score (nSPS) is 10.4. The van der Waals surface area contributed by atoms with Gasteiger partial charge in [-0.1, -0.05) is 18.2 Å². The van der Waals surface area contributed by atoms with Gasteiger partial charge in [0.1, 0.15) is 5.69 Å². The minimum Gasteiger partial charge on any atom is -0.347 e. The van der Waals surface area contributed by atoms with E-state index in [9.17, 15) is 14.9 Å². The second kappa shape index (κ2) is 7.96. The van der Waals surface area contributed by atoms with Gasteiger partial charge in [0, 0.05) is 29.7 Å². The average Bonchev–Trinajstić information content (AvgIpc) is 3.07. The fourth-order valence-corrected chi connectivity index (χ4v) is 3.33. The SMILES string of the molecule is Cc1cc(C)cc(Nc2nc(C(=O)NCc3ccc([N+](=O)[O-])cc3)cs2)c1. The topological polar surface area (TPSA) is 97.2 Å². The van der Waals surface area contributed by atoms with Gasteiger partial charge in [-0.05, 0) is 42.7 Å². The molecule has 0 saturated heterocycles. The van der Waals surface area contributed by atoms with Crippen LogP contribution in [0.2, 0.25) is 0 Å². The number of amides is 1. The average molecular weight is 382 g/mol. The zero-order valence-corrected chi connectivity index (χ0v) is 15.7. The zero-order valence-electron chi connectivity index (χ0n) is 14.9. The molecule has 8 heteroatoms. The fourth-order valence-electron chi connectivity index (χ4n) is 2.61. The summed E-state index contributed by atoms with van der Waals surface area (Å²) in [5.74, 6) is -0.293. The summed E-state index contributed by atoms with van der Waals surface area (Å²) in [6, 6.07) is 12.2. The van der Waals surface area contributed by atoms with E-state index in [0.29, 0.717) is 10.8 Å². The number of rotatable bonds is 6. The number of aromatic nitrogens is 1. The highest BCUT2D eigenvalue weighted by Crippen LogP contribution is 2.23. The van der Waals surface area contributed by atoms with Crippen molar-refractivity contribution in [3.05, 3.63) is 80.3 Å². The maximum atomic E-state index is 12.3. The van der Waals surface area contributed by atoms with Crippen molar-refractivity contribution in [3.63, 3.8) is 0 Å². The predicted octanol–water partition coefficient (Wildman–Crippen LogP) is 4.34. The van der Waals surface area contributed by atoms with E-state index in [1.54, 1.807) is 17.5 Å². The van der Waals surface area contributed by atoms with Gasteiger partial charge < -0.3 is 10.6 Å². The molecule has 3 rings (SSSR count). The molecule has 0 saturated carbocycles. The van der Waals surface area contributed by atoms with Crippen LogP contribution in [-0.2, 0) is 6.54 Å². The number of nitrogens with zero attached hydrogens (tertiary/aromatic N) is 2. The zero-order chi connectivity index (χ0) is 19.4. The molecule has 0 spiro atoms. The van der Waals surface area contributed by atoms with E-state index in [1.165, 1.54) is 23.5 Å². The van der Waals surface area contributed by atoms with Crippen LogP contribution >= 0.6 is 11.3 Å². The number of nitrogens with one attached hydrogen (secondary N) is 2. The molecule has 0 aliphatic rings. The maximum absolute atomic E-state index is 12.3. The fraction of sp³-hybridized carbons (Fsp3) is 0.158. The third-order valence-electron chi connectivity index (χ3n) is 3.81. The lowest BCUT2D eigenvalue weighted by atomic mass is 10.1. The number of nitro benzene ring substituents is 1. The summed E-state index contributed by atoms with van der Waals surface area (Å²) in [4.78, 5) is 26.8. The molecule has 138 valence electrons. The second-order valence-electron chi connectivity index (χ2n) is 6.15. The number of hydrogen-bond donors (Lipinski definition) is 2. The van der Waals surface area contributed by atoms with E-state index >= 15 is 0 Å². The predicted molar refractivity (Wildman–Crippen MR) is 106 cm³/mol. The first-order chi connectivity index (χ1) is 12.9. The number of hydrogen-bond acceptors (Lipinski definition) is 6. The van der Waals surface area contributed by atoms with E-state index < -0.39 is 4.92 Å². The van der Waals surface area contributed by atoms with Crippen LogP contribution in [-0.4, -0.2) is 15.8 Å². The number of benzene rings is 2. The molecule has 7 nitrogen and oxygen atoms in total. The van der Waals surface area contributed by atoms with Crippen molar-refractivity contribution in [2.75, 3.05) is 5.32 Å². The van der Waals surface area contributed by atoms with Crippen molar-refractivity contribution in [1.29, 1.82) is 0 Å². The van der Waals surface area contributed by atoms with Crippen molar-refractivity contribution in [2.24, 2.45) is 0 Å². The first-order valence-corrected chi connectivity index (χ1v) is 9.11. The lowest BCUT2D eigenvalue weighted by Crippen LogP contribution is -2.23. The van der Waals surface area contributed by atoms with Gasteiger partial charge in [-0.2, -0.15) is 0 Å². The Morgan fingerprint density at radius 2 is 1.81 bits per heavy atom. The van der Waals surface area contributed by atoms with Crippen LogP contribution in [0.5, 0.6) is 0 Å². The highest BCUT2D eigenvalue weighted by Gasteiger charge is 2.11. The molecule has 2 N–H and O–H groups in total. The van der Waals surface area contributed by atoms with Crippen molar-refractivity contribution < 1.29 is 9.72 Å². The summed E-state index contributed by atoms with van der Waals surface area (Å²) in [5, 5.41) is 19.0. The summed E-state index contributed by atoms with van der Waals surface area (Å²) in [6.07, 6.45) is 0. The van der Waals surface area contributed by atoms with Crippen LogP contribution in [0, 0.1) is 24.0 Å². The molecule has 0 atom stereocenters. The summed E-state index contributed by atoms with van der Waals surface area (Å²) >= 11 is 1.35. The first kappa shape index (κ1) is 18.5. The number of nitro groups is 1. The summed E-state index contributed by atoms with van der Waals surface area (Å²) in [7, 11) is 0. The molecular weight excluding hydrogens is 364 g/mol. The molecule has 0 aliphatic carbocycles. The molecule has 1 aromatic heterocycles. The minimum absolute atomic E-state index is 0.0201. The van der Waals surface area contributed by atoms with Gasteiger partial charge in [-0.3, -0.25) is 14.9 Å². The van der Waals surface area contributed by atoms with Crippen LogP contribution in [0.15, 0.2) is 47.8 Å². The van der Waals surface area contributed by atoms with Crippen molar-refractivity contribution in [1.82, 2.24) is 10.3 Å². The van der Waals surface area contributed by atoms with Crippen LogP contribution in [0.25, 0.3) is 0 Å². The Kier molecular flexibility index (Phi) is 5.46. The Morgan fingerprint density at radius 3 is 2.44 bits per heavy atom. The largest absolute Gasteiger partial charge is 0.347 e. The maximum Gasteiger partial charge on any atom is 0.271 e. The van der Waals surface area contributed by atoms with Crippen LogP contribution < -0.4 is 10.6 Å². The number of aryl methyl sites for hydroxylation is 2. The van der Waals surface area contributed by atoms with Crippen molar-refractivity contribution >= 4 is 33.8 Å². The van der Waals surface area contributed by atoms with E-state index in [4.69, 9.17) is 0 Å². The molecule has 0 aliphatic heterocycles. The minimum atomic E-state index is -0.456. The molecule has 1 amide bonds. The van der Waals surface area contributed by atoms with E-state index in [1.807, 2.05) is 26.0 Å². The molecule has 3 aromatic rings. The lowest BCUT2D eigenvalue weighted by molar-refractivity contribution is -0.384. The van der Waals surface area contributed by atoms with E-state index in [2.05, 4.69) is 21.7 Å². The third-order valence-corrected chi connectivity index (χ3v) is 4.57. The lowest BCUT2D eigenvalue weighted by Gasteiger charge is -2.05. The number of carbonyl (C=O) groups is 1. The van der Waals surface area contributed by atoms with Gasteiger partial charge in [0.05, 0.1) is 4.92 Å². The Balaban J connectivity index is 1.60. The van der Waals surface area contributed by atoms with Crippen LogP contribution in [0.1, 0.15) is 27.2 Å². The molecular formula is C19H18N4O3S. The van der Waals surface area contributed by atoms with Gasteiger partial charge in [0.25, 0.3) is 11.6 Å². The Labute approximate surface area is 160 Å². The number of carbonyl (C=O) groups excluding carboxylic acids is 1. The summed E-state index contributed by atoms with van der Waals surface area (Å²) in [6.45, 7) is 4.32. The standard InChI is InChI=1S/C19H18N4O3S/c1-12-7-13(2)9-15(8-12)21-19-22-17(11-27-19)18(24)20-10-14-3-5-16(6-4-14)23(25)26/h3-9,11H,10H2,1-2H3,(H,20,24)(H,21,22). The monoisotopic (exact) mass is 382 g/mol. The first-order valence-electron chi connectivity index (χ1n) is 8.23. The second-order valence-corrected chi connectivity index (χ2v) is 7.00. The number of thiazole rings is 1. The number of non-ortho nitro benzene ring substituents is 1. The van der Waals surface area contributed by atoms with Crippen molar-refractivity contribution in [2.45, 2.75) is 20.4 Å². The van der Waals surface area contributed by atoms with Gasteiger partial charge in [-0.15, -0.1) is 11.3 Å². The molecule has 0 fully saturated rings. The van der Waals surface area contributed by atoms with E-state index in [-0.39, 0.29) is 18.1 Å². The molecule has 0 radical (unpaired) electrons. The Hall–Kier alpha value is -3.26. The quantitative estimate of drug-likeness (QED) is 0.488. The van der Waals surface area contributed by atoms with Gasteiger partial charge in [-0.25, -0.2) is 4.98 Å². The number of anilines is 2. The van der Waals surface area contributed by atoms with Crippen molar-refractivity contribution in [3.8, 4) is 0 Å². The van der Waals surface area contributed by atoms with Gasteiger partial charge in [0.2, 0.25) is 0 Å². The molecule has 0 bridgehead atoms. The highest BCUT2D eigenvalue weighted by atomic mass is 32.1. The van der Waals surface area contributed by atoms with Gasteiger partial charge >= 0.3 is 0 Å². The summed E-state index contributed by atoms with van der Waals surface area (Å²) in [5.41, 5.74) is 4.35. The third kappa shape index (κ3) is 4.89. The molecule has 0 unspecified atom stereocenters. The van der Waals surface area contributed by atoms with Crippen LogP contribution in [0.3, 0.4) is 0 Å². The van der Waals surface area contributed by atoms with Crippen LogP contribution in [0.4, 0.5) is 16.5 Å². The van der Waals surface area contributed by atoms with Gasteiger partial charge in [0.15, 0.2) is 5.13 Å².